The summed E-state index contributed by atoms with van der Waals surface area (Å²) in [6.07, 6.45) is 0.825. The molecular weight excluding hydrogens is 452 g/mol. The molecule has 2 amide bonds. The average molecular weight is 478 g/mol. The van der Waals surface area contributed by atoms with Gasteiger partial charge in [-0.1, -0.05) is 30.3 Å². The highest BCUT2D eigenvalue weighted by Crippen LogP contribution is 2.36. The van der Waals surface area contributed by atoms with Gasteiger partial charge in [-0.05, 0) is 31.7 Å². The van der Waals surface area contributed by atoms with Gasteiger partial charge in [0, 0.05) is 47.6 Å². The summed E-state index contributed by atoms with van der Waals surface area (Å²) in [5.74, 6) is -0.217. The van der Waals surface area contributed by atoms with Gasteiger partial charge >= 0.3 is 6.03 Å². The number of hydrogen-bond acceptors (Lipinski definition) is 5. The molecule has 4 aromatic rings. The molecule has 180 valence electrons. The number of aryl methyl sites for hydroxylation is 1. The van der Waals surface area contributed by atoms with E-state index in [9.17, 15) is 13.6 Å². The van der Waals surface area contributed by atoms with Crippen molar-refractivity contribution < 1.29 is 13.6 Å². The van der Waals surface area contributed by atoms with Crippen LogP contribution in [0.2, 0.25) is 0 Å². The van der Waals surface area contributed by atoms with Crippen molar-refractivity contribution in [3.63, 3.8) is 0 Å². The second-order valence-electron chi connectivity index (χ2n) is 8.78. The summed E-state index contributed by atoms with van der Waals surface area (Å²) in [6, 6.07) is 12.6. The molecule has 0 unspecified atom stereocenters. The molecule has 0 aliphatic carbocycles. The van der Waals surface area contributed by atoms with Gasteiger partial charge in [0.25, 0.3) is 6.43 Å². The summed E-state index contributed by atoms with van der Waals surface area (Å²) < 4.78 is 27.8. The molecule has 0 bridgehead atoms. The molecule has 1 aliphatic rings. The molecular formula is C25H25F2N7O. The first-order valence-electron chi connectivity index (χ1n) is 11.3. The summed E-state index contributed by atoms with van der Waals surface area (Å²) in [5, 5.41) is 13.8. The largest absolute Gasteiger partial charge is 0.333 e. The Kier molecular flexibility index (Phi) is 6.12. The number of nitrogens with one attached hydrogen (secondary N) is 3. The zero-order valence-electron chi connectivity index (χ0n) is 19.2. The molecule has 35 heavy (non-hydrogen) atoms. The number of amides is 2. The Morgan fingerprint density at radius 2 is 1.97 bits per heavy atom. The molecule has 1 aliphatic heterocycles. The summed E-state index contributed by atoms with van der Waals surface area (Å²) >= 11 is 0. The number of alkyl halides is 2. The number of urea groups is 1. The highest BCUT2D eigenvalue weighted by molar-refractivity contribution is 5.95. The first kappa shape index (κ1) is 22.9. The van der Waals surface area contributed by atoms with Gasteiger partial charge in [0.1, 0.15) is 11.5 Å². The molecule has 0 saturated carbocycles. The monoisotopic (exact) mass is 477 g/mol. The van der Waals surface area contributed by atoms with Crippen LogP contribution in [0.1, 0.15) is 17.2 Å². The maximum Gasteiger partial charge on any atom is 0.320 e. The lowest BCUT2D eigenvalue weighted by Crippen LogP contribution is -2.43. The Morgan fingerprint density at radius 3 is 2.71 bits per heavy atom. The highest BCUT2D eigenvalue weighted by atomic mass is 19.3. The fourth-order valence-electron chi connectivity index (χ4n) is 4.86. The molecule has 0 radical (unpaired) electrons. The Bertz CT molecular complexity index is 1340. The molecule has 8 nitrogen and oxygen atoms in total. The Hall–Kier alpha value is -3.92. The Labute approximate surface area is 200 Å². The third kappa shape index (κ3) is 4.57. The van der Waals surface area contributed by atoms with E-state index in [4.69, 9.17) is 0 Å². The van der Waals surface area contributed by atoms with E-state index < -0.39 is 30.5 Å². The van der Waals surface area contributed by atoms with Gasteiger partial charge in [0.05, 0.1) is 17.6 Å². The number of likely N-dealkylation sites (N-methyl/N-ethyl adjacent to an activating group) is 1. The first-order chi connectivity index (χ1) is 16.9. The SMILES string of the molecule is Cc1cc(-c2n[nH]c3cc(NC(=O)N[C@H]4CN(C)[C@H](C(F)F)[C@@H]4c4ccccc4)ncc23)ccn1. The first-order valence-corrected chi connectivity index (χ1v) is 11.3. The van der Waals surface area contributed by atoms with Crippen LogP contribution in [0.15, 0.2) is 60.9 Å². The minimum absolute atomic E-state index is 0.309. The van der Waals surface area contributed by atoms with E-state index in [2.05, 4.69) is 30.8 Å². The van der Waals surface area contributed by atoms with Crippen molar-refractivity contribution in [2.45, 2.75) is 31.4 Å². The lowest BCUT2D eigenvalue weighted by molar-refractivity contribution is 0.0512. The molecule has 1 aromatic carbocycles. The second kappa shape index (κ2) is 9.38. The molecule has 0 spiro atoms. The van der Waals surface area contributed by atoms with Crippen molar-refractivity contribution in [1.29, 1.82) is 0 Å². The Balaban J connectivity index is 1.33. The molecule has 1 saturated heterocycles. The number of pyridine rings is 2. The van der Waals surface area contributed by atoms with E-state index >= 15 is 0 Å². The number of rotatable bonds is 5. The van der Waals surface area contributed by atoms with Crippen LogP contribution in [0, 0.1) is 6.92 Å². The average Bonchev–Trinajstić information content (AvgIpc) is 3.39. The summed E-state index contributed by atoms with van der Waals surface area (Å²) in [5.41, 5.74) is 4.01. The van der Waals surface area contributed by atoms with E-state index in [1.54, 1.807) is 30.4 Å². The van der Waals surface area contributed by atoms with Crippen LogP contribution >= 0.6 is 0 Å². The van der Waals surface area contributed by atoms with Crippen LogP contribution in [0.4, 0.5) is 19.4 Å². The van der Waals surface area contributed by atoms with Gasteiger partial charge < -0.3 is 5.32 Å². The van der Waals surface area contributed by atoms with Crippen molar-refractivity contribution in [1.82, 2.24) is 30.4 Å². The number of aromatic amines is 1. The zero-order valence-corrected chi connectivity index (χ0v) is 19.2. The number of carbonyl (C=O) groups excluding carboxylic acids is 1. The Morgan fingerprint density at radius 1 is 1.17 bits per heavy atom. The maximum atomic E-state index is 13.9. The number of aromatic nitrogens is 4. The van der Waals surface area contributed by atoms with Gasteiger partial charge in [0.15, 0.2) is 0 Å². The standard InChI is InChI=1S/C25H25F2N7O/c1-14-10-16(8-9-28-14)22-17-12-29-20(11-18(17)32-33-22)31-25(35)30-19-13-34(2)23(24(26)27)21(19)15-6-4-3-5-7-15/h3-12,19,21,23-24H,13H2,1-2H3,(H,32,33)(H2,29,30,31,35)/t19-,21+,23-/m0/s1. The lowest BCUT2D eigenvalue weighted by Gasteiger charge is -2.26. The number of likely N-dealkylation sites (tertiary alicyclic amines) is 1. The van der Waals surface area contributed by atoms with Crippen LogP contribution in [0.5, 0.6) is 0 Å². The van der Waals surface area contributed by atoms with Crippen molar-refractivity contribution in [3.05, 3.63) is 72.2 Å². The number of hydrogen-bond donors (Lipinski definition) is 3. The van der Waals surface area contributed by atoms with Crippen LogP contribution < -0.4 is 10.6 Å². The topological polar surface area (TPSA) is 98.8 Å². The minimum atomic E-state index is -2.54. The number of H-pyrrole nitrogens is 1. The normalized spacial score (nSPS) is 20.4. The zero-order chi connectivity index (χ0) is 24.5. The van der Waals surface area contributed by atoms with E-state index in [-0.39, 0.29) is 0 Å². The number of fused-ring (bicyclic) bond motifs is 1. The maximum absolute atomic E-state index is 13.9. The van der Waals surface area contributed by atoms with Crippen LogP contribution in [-0.2, 0) is 0 Å². The van der Waals surface area contributed by atoms with Gasteiger partial charge in [-0.3, -0.25) is 20.3 Å². The molecule has 5 rings (SSSR count). The number of anilines is 1. The molecule has 3 aromatic heterocycles. The van der Waals surface area contributed by atoms with Crippen LogP contribution in [0.3, 0.4) is 0 Å². The fourth-order valence-corrected chi connectivity index (χ4v) is 4.86. The van der Waals surface area contributed by atoms with Crippen LogP contribution in [-0.4, -0.2) is 63.2 Å². The van der Waals surface area contributed by atoms with Gasteiger partial charge in [-0.15, -0.1) is 0 Å². The van der Waals surface area contributed by atoms with Crippen molar-refractivity contribution >= 4 is 22.8 Å². The van der Waals surface area contributed by atoms with Gasteiger partial charge in [-0.2, -0.15) is 5.10 Å². The third-order valence-corrected chi connectivity index (χ3v) is 6.41. The van der Waals surface area contributed by atoms with Gasteiger partial charge in [-0.25, -0.2) is 18.6 Å². The van der Waals surface area contributed by atoms with Crippen molar-refractivity contribution in [2.24, 2.45) is 0 Å². The molecule has 3 N–H and O–H groups in total. The quantitative estimate of drug-likeness (QED) is 0.401. The van der Waals surface area contributed by atoms with Crippen molar-refractivity contribution in [2.75, 3.05) is 18.9 Å². The highest BCUT2D eigenvalue weighted by Gasteiger charge is 2.46. The lowest BCUT2D eigenvalue weighted by atomic mass is 9.88. The smallest absolute Gasteiger partial charge is 0.320 e. The number of halogens is 2. The third-order valence-electron chi connectivity index (χ3n) is 6.41. The van der Waals surface area contributed by atoms with E-state index in [1.807, 2.05) is 49.4 Å². The molecule has 1 fully saturated rings. The number of benzene rings is 1. The number of carbonyl (C=O) groups is 1. The van der Waals surface area contributed by atoms with E-state index in [0.717, 1.165) is 27.9 Å². The summed E-state index contributed by atoms with van der Waals surface area (Å²) in [6.45, 7) is 2.22. The van der Waals surface area contributed by atoms with E-state index in [0.29, 0.717) is 17.9 Å². The summed E-state index contributed by atoms with van der Waals surface area (Å²) in [4.78, 5) is 23.0. The molecule has 10 heteroatoms. The fraction of sp³-hybridized carbons (Fsp3) is 0.280. The van der Waals surface area contributed by atoms with E-state index in [1.165, 1.54) is 0 Å². The van der Waals surface area contributed by atoms with Crippen LogP contribution in [0.25, 0.3) is 22.2 Å². The molecule has 4 heterocycles. The number of nitrogens with zero attached hydrogens (tertiary/aromatic N) is 4. The van der Waals surface area contributed by atoms with Gasteiger partial charge in [0.2, 0.25) is 0 Å². The molecule has 3 atom stereocenters. The van der Waals surface area contributed by atoms with Crippen molar-refractivity contribution in [3.8, 4) is 11.3 Å². The minimum Gasteiger partial charge on any atom is -0.333 e. The second-order valence-corrected chi connectivity index (χ2v) is 8.78. The predicted octanol–water partition coefficient (Wildman–Crippen LogP) is 4.18. The predicted molar refractivity (Wildman–Crippen MR) is 129 cm³/mol. The summed E-state index contributed by atoms with van der Waals surface area (Å²) in [7, 11) is 1.65.